The lowest BCUT2D eigenvalue weighted by Crippen LogP contribution is -2.49. The molecule has 0 atom stereocenters. The predicted molar refractivity (Wildman–Crippen MR) is 190 cm³/mol. The summed E-state index contributed by atoms with van der Waals surface area (Å²) < 4.78 is 12.6. The zero-order valence-electron chi connectivity index (χ0n) is 27.4. The number of hydrogen-bond donors (Lipinski definition) is 4. The number of aliphatic hydroxyl groups is 1. The summed E-state index contributed by atoms with van der Waals surface area (Å²) in [6.45, 7) is 3.91. The van der Waals surface area contributed by atoms with Crippen LogP contribution in [0, 0.1) is 12.3 Å². The van der Waals surface area contributed by atoms with Crippen molar-refractivity contribution in [2.45, 2.75) is 38.5 Å². The van der Waals surface area contributed by atoms with Crippen LogP contribution in [-0.4, -0.2) is 69.8 Å². The Morgan fingerprint density at radius 3 is 2.45 bits per heavy atom. The predicted octanol–water partition coefficient (Wildman–Crippen LogP) is 4.70. The molecule has 254 valence electrons. The summed E-state index contributed by atoms with van der Waals surface area (Å²) in [5, 5.41) is 22.3. The van der Waals surface area contributed by atoms with E-state index in [1.165, 1.54) is 23.3 Å². The molecule has 0 unspecified atom stereocenters. The van der Waals surface area contributed by atoms with Gasteiger partial charge in [-0.25, -0.2) is 4.98 Å². The second-order valence-corrected chi connectivity index (χ2v) is 11.9. The SMILES string of the molecule is Cc1ccc(C(=O)N2CCC(O)(Cn3cnc(Nc4ccc(N=CC(=CN)OCCOCc5ccccc5)cc4)c(C=N)c3=O)CC2)cc1. The van der Waals surface area contributed by atoms with Crippen LogP contribution in [0.1, 0.15) is 39.9 Å². The first-order chi connectivity index (χ1) is 23.8. The molecule has 0 aliphatic carbocycles. The van der Waals surface area contributed by atoms with Gasteiger partial charge in [-0.3, -0.25) is 19.1 Å². The van der Waals surface area contributed by atoms with E-state index in [1.807, 2.05) is 49.4 Å². The van der Waals surface area contributed by atoms with Crippen LogP contribution < -0.4 is 16.6 Å². The Kier molecular flexibility index (Phi) is 11.7. The number of likely N-dealkylation sites (tertiary alicyclic amines) is 1. The summed E-state index contributed by atoms with van der Waals surface area (Å²) in [6, 6.07) is 24.4. The lowest BCUT2D eigenvalue weighted by Gasteiger charge is -2.38. The number of nitrogens with two attached hydrogens (primary N) is 1. The molecule has 1 aromatic heterocycles. The van der Waals surface area contributed by atoms with Crippen LogP contribution in [0.3, 0.4) is 0 Å². The highest BCUT2D eigenvalue weighted by Crippen LogP contribution is 2.26. The van der Waals surface area contributed by atoms with Gasteiger partial charge in [0, 0.05) is 36.8 Å². The number of aryl methyl sites for hydroxylation is 1. The Hall–Kier alpha value is -5.59. The molecule has 0 bridgehead atoms. The van der Waals surface area contributed by atoms with Crippen molar-refractivity contribution in [2.75, 3.05) is 31.6 Å². The molecule has 0 spiro atoms. The number of aromatic nitrogens is 2. The molecule has 5 rings (SSSR count). The Morgan fingerprint density at radius 1 is 1.06 bits per heavy atom. The number of ether oxygens (including phenoxy) is 2. The number of carbonyl (C=O) groups is 1. The lowest BCUT2D eigenvalue weighted by molar-refractivity contribution is -0.0300. The fourth-order valence-electron chi connectivity index (χ4n) is 5.34. The molecular formula is C37H41N7O5. The van der Waals surface area contributed by atoms with Gasteiger partial charge in [-0.1, -0.05) is 48.0 Å². The first kappa shape index (κ1) is 34.7. The first-order valence-corrected chi connectivity index (χ1v) is 16.0. The normalized spacial score (nSPS) is 14.5. The van der Waals surface area contributed by atoms with Crippen molar-refractivity contribution in [2.24, 2.45) is 10.7 Å². The van der Waals surface area contributed by atoms with Crippen molar-refractivity contribution < 1.29 is 19.4 Å². The minimum absolute atomic E-state index is 0.00285. The van der Waals surface area contributed by atoms with Gasteiger partial charge in [0.15, 0.2) is 5.76 Å². The first-order valence-electron chi connectivity index (χ1n) is 16.0. The molecule has 1 aliphatic rings. The number of benzene rings is 3. The zero-order chi connectivity index (χ0) is 34.6. The molecule has 1 aliphatic heterocycles. The average molecular weight is 664 g/mol. The third kappa shape index (κ3) is 9.49. The Bertz CT molecular complexity index is 1830. The van der Waals surface area contributed by atoms with Gasteiger partial charge < -0.3 is 35.9 Å². The van der Waals surface area contributed by atoms with Gasteiger partial charge in [-0.15, -0.1) is 0 Å². The standard InChI is InChI=1S/C37H41N7O5/c1-27-7-9-29(10-8-27)35(45)43-17-15-37(47,16-18-43)25-44-26-41-34(33(22-39)36(44)46)42-31-13-11-30(12-14-31)40-23-32(21-38)49-20-19-48-24-28-5-3-2-4-6-28/h2-14,21-23,26,39,42,47H,15-20,24-25,38H2,1H3. The maximum absolute atomic E-state index is 13.3. The lowest BCUT2D eigenvalue weighted by atomic mass is 9.91. The number of aliphatic imine (C=N–C) groups is 1. The number of nitrogens with zero attached hydrogens (tertiary/aromatic N) is 4. The molecule has 5 N–H and O–H groups in total. The van der Waals surface area contributed by atoms with E-state index in [0.717, 1.165) is 17.3 Å². The number of rotatable bonds is 14. The van der Waals surface area contributed by atoms with Gasteiger partial charge in [0.1, 0.15) is 18.0 Å². The zero-order valence-corrected chi connectivity index (χ0v) is 27.4. The number of nitrogens with one attached hydrogen (secondary N) is 2. The van der Waals surface area contributed by atoms with E-state index in [0.29, 0.717) is 68.4 Å². The van der Waals surface area contributed by atoms with Gasteiger partial charge in [-0.05, 0) is 61.7 Å². The summed E-state index contributed by atoms with van der Waals surface area (Å²) in [6.07, 6.45) is 5.79. The molecule has 2 heterocycles. The summed E-state index contributed by atoms with van der Waals surface area (Å²) in [7, 11) is 0. The van der Waals surface area contributed by atoms with E-state index in [1.54, 1.807) is 41.3 Å². The molecule has 0 radical (unpaired) electrons. The highest BCUT2D eigenvalue weighted by molar-refractivity contribution is 5.94. The van der Waals surface area contributed by atoms with Gasteiger partial charge in [-0.2, -0.15) is 0 Å². The molecule has 12 heteroatoms. The van der Waals surface area contributed by atoms with Crippen LogP contribution in [0.25, 0.3) is 0 Å². The van der Waals surface area contributed by atoms with Crippen molar-refractivity contribution in [3.63, 3.8) is 0 Å². The van der Waals surface area contributed by atoms with Crippen LogP contribution in [-0.2, 0) is 22.6 Å². The van der Waals surface area contributed by atoms with E-state index < -0.39 is 11.2 Å². The molecule has 4 aromatic rings. The highest BCUT2D eigenvalue weighted by atomic mass is 16.5. The molecule has 0 saturated carbocycles. The molecular weight excluding hydrogens is 622 g/mol. The minimum Gasteiger partial charge on any atom is -0.488 e. The van der Waals surface area contributed by atoms with E-state index in [4.69, 9.17) is 20.6 Å². The Morgan fingerprint density at radius 2 is 1.78 bits per heavy atom. The fourth-order valence-corrected chi connectivity index (χ4v) is 5.34. The van der Waals surface area contributed by atoms with Crippen molar-refractivity contribution in [1.29, 1.82) is 5.41 Å². The second-order valence-electron chi connectivity index (χ2n) is 11.9. The molecule has 1 amide bonds. The maximum Gasteiger partial charge on any atom is 0.264 e. The van der Waals surface area contributed by atoms with E-state index in [9.17, 15) is 14.7 Å². The molecule has 1 fully saturated rings. The topological polar surface area (TPSA) is 168 Å². The monoisotopic (exact) mass is 663 g/mol. The number of anilines is 2. The van der Waals surface area contributed by atoms with Crippen LogP contribution in [0.5, 0.6) is 0 Å². The van der Waals surface area contributed by atoms with Crippen LogP contribution in [0.15, 0.2) is 107 Å². The van der Waals surface area contributed by atoms with Crippen LogP contribution >= 0.6 is 0 Å². The number of piperidine rings is 1. The van der Waals surface area contributed by atoms with Gasteiger partial charge in [0.05, 0.1) is 43.6 Å². The Balaban J connectivity index is 1.13. The van der Waals surface area contributed by atoms with E-state index in [-0.39, 0.29) is 23.8 Å². The van der Waals surface area contributed by atoms with Gasteiger partial charge >= 0.3 is 0 Å². The number of allylic oxidation sites excluding steroid dienone is 1. The van der Waals surface area contributed by atoms with Crippen molar-refractivity contribution in [3.05, 3.63) is 130 Å². The van der Waals surface area contributed by atoms with Crippen LogP contribution in [0.2, 0.25) is 0 Å². The van der Waals surface area contributed by atoms with Crippen molar-refractivity contribution >= 4 is 35.5 Å². The van der Waals surface area contributed by atoms with Crippen molar-refractivity contribution in [3.8, 4) is 0 Å². The third-order valence-corrected chi connectivity index (χ3v) is 8.20. The quantitative estimate of drug-likeness (QED) is 0.0856. The Labute approximate surface area is 285 Å². The van der Waals surface area contributed by atoms with Crippen LogP contribution in [0.4, 0.5) is 17.2 Å². The highest BCUT2D eigenvalue weighted by Gasteiger charge is 2.35. The largest absolute Gasteiger partial charge is 0.488 e. The third-order valence-electron chi connectivity index (χ3n) is 8.20. The summed E-state index contributed by atoms with van der Waals surface area (Å²) in [5.74, 6) is 0.538. The summed E-state index contributed by atoms with van der Waals surface area (Å²) >= 11 is 0. The van der Waals surface area contributed by atoms with Gasteiger partial charge in [0.25, 0.3) is 11.5 Å². The molecule has 1 saturated heterocycles. The minimum atomic E-state index is -1.19. The van der Waals surface area contributed by atoms with E-state index >= 15 is 0 Å². The van der Waals surface area contributed by atoms with E-state index in [2.05, 4.69) is 15.3 Å². The molecule has 12 nitrogen and oxygen atoms in total. The maximum atomic E-state index is 13.3. The summed E-state index contributed by atoms with van der Waals surface area (Å²) in [5.41, 5.74) is 8.15. The smallest absolute Gasteiger partial charge is 0.264 e. The summed E-state index contributed by atoms with van der Waals surface area (Å²) in [4.78, 5) is 36.8. The molecule has 49 heavy (non-hydrogen) atoms. The second kappa shape index (κ2) is 16.5. The number of hydrogen-bond acceptors (Lipinski definition) is 10. The average Bonchev–Trinajstić information content (AvgIpc) is 3.12. The van der Waals surface area contributed by atoms with Gasteiger partial charge in [0.2, 0.25) is 0 Å². The van der Waals surface area contributed by atoms with Crippen molar-refractivity contribution in [1.82, 2.24) is 14.5 Å². The molecule has 3 aromatic carbocycles. The number of amides is 1. The number of carbonyl (C=O) groups excluding carboxylic acids is 1. The fraction of sp³-hybridized carbons (Fsp3) is 0.270.